The molecule has 0 saturated heterocycles. The molecule has 0 aliphatic heterocycles. The van der Waals surface area contributed by atoms with Gasteiger partial charge >= 0.3 is 0 Å². The number of aromatic nitrogens is 6. The lowest BCUT2D eigenvalue weighted by Crippen LogP contribution is -2.01. The van der Waals surface area contributed by atoms with E-state index in [4.69, 9.17) is 0 Å². The van der Waals surface area contributed by atoms with E-state index in [-0.39, 0.29) is 0 Å². The number of hydrogen-bond acceptors (Lipinski definition) is 7. The first-order chi connectivity index (χ1) is 9.36. The minimum absolute atomic E-state index is 0.613. The van der Waals surface area contributed by atoms with Crippen molar-refractivity contribution in [3.05, 3.63) is 24.9 Å². The quantitative estimate of drug-likeness (QED) is 0.699. The maximum atomic E-state index is 4.39. The largest absolute Gasteiger partial charge is 0.354 e. The molecule has 19 heavy (non-hydrogen) atoms. The van der Waals surface area contributed by atoms with Crippen LogP contribution >= 0.6 is 11.8 Å². The first-order valence-electron chi connectivity index (χ1n) is 5.75. The molecule has 3 rings (SSSR count). The number of anilines is 1. The summed E-state index contributed by atoms with van der Waals surface area (Å²) in [4.78, 5) is 24.0. The van der Waals surface area contributed by atoms with E-state index in [0.29, 0.717) is 11.6 Å². The van der Waals surface area contributed by atoms with Gasteiger partial charge in [-0.15, -0.1) is 0 Å². The summed E-state index contributed by atoms with van der Waals surface area (Å²) >= 11 is 1.45. The zero-order chi connectivity index (χ0) is 13.1. The maximum absolute atomic E-state index is 4.39. The standard InChI is InChI=1S/C11H11N7S/c1-2-12-11-13-4-3-7(18-11)19-10-8-9(15-5-14-8)16-6-17-10/h3-6H,2H2,1H3,(H,12,13,18)(H,14,15,16,17). The highest BCUT2D eigenvalue weighted by Gasteiger charge is 2.08. The fourth-order valence-electron chi connectivity index (χ4n) is 1.56. The van der Waals surface area contributed by atoms with Gasteiger partial charge in [0.25, 0.3) is 0 Å². The molecule has 0 fully saturated rings. The molecule has 0 radical (unpaired) electrons. The van der Waals surface area contributed by atoms with E-state index in [1.54, 1.807) is 12.5 Å². The van der Waals surface area contributed by atoms with Gasteiger partial charge in [-0.1, -0.05) is 0 Å². The molecular formula is C11H11N7S. The Bertz CT molecular complexity index is 696. The molecule has 7 nitrogen and oxygen atoms in total. The highest BCUT2D eigenvalue weighted by molar-refractivity contribution is 7.99. The fourth-order valence-corrected chi connectivity index (χ4v) is 2.37. The van der Waals surface area contributed by atoms with E-state index in [9.17, 15) is 0 Å². The first-order valence-corrected chi connectivity index (χ1v) is 6.57. The van der Waals surface area contributed by atoms with Gasteiger partial charge < -0.3 is 10.3 Å². The van der Waals surface area contributed by atoms with E-state index < -0.39 is 0 Å². The minimum Gasteiger partial charge on any atom is -0.354 e. The van der Waals surface area contributed by atoms with Crippen LogP contribution in [0.5, 0.6) is 0 Å². The van der Waals surface area contributed by atoms with Gasteiger partial charge in [0.15, 0.2) is 5.65 Å². The van der Waals surface area contributed by atoms with Crippen molar-refractivity contribution in [2.45, 2.75) is 17.0 Å². The third kappa shape index (κ3) is 2.48. The Balaban J connectivity index is 1.92. The normalized spacial score (nSPS) is 10.8. The summed E-state index contributed by atoms with van der Waals surface area (Å²) < 4.78 is 0. The highest BCUT2D eigenvalue weighted by Crippen LogP contribution is 2.28. The van der Waals surface area contributed by atoms with Crippen molar-refractivity contribution in [2.75, 3.05) is 11.9 Å². The fraction of sp³-hybridized carbons (Fsp3) is 0.182. The number of nitrogens with one attached hydrogen (secondary N) is 2. The second kappa shape index (κ2) is 5.19. The van der Waals surface area contributed by atoms with Crippen LogP contribution in [0.25, 0.3) is 11.2 Å². The van der Waals surface area contributed by atoms with Crippen LogP contribution in [0.1, 0.15) is 6.92 Å². The van der Waals surface area contributed by atoms with Gasteiger partial charge in [0.05, 0.1) is 6.33 Å². The Hall–Kier alpha value is -2.22. The molecule has 0 unspecified atom stereocenters. The van der Waals surface area contributed by atoms with Gasteiger partial charge in [0, 0.05) is 12.7 Å². The molecule has 3 aromatic heterocycles. The van der Waals surface area contributed by atoms with Crippen LogP contribution in [0.15, 0.2) is 35.0 Å². The molecule has 3 heterocycles. The van der Waals surface area contributed by atoms with Crippen molar-refractivity contribution in [1.29, 1.82) is 0 Å². The van der Waals surface area contributed by atoms with Crippen molar-refractivity contribution in [3.63, 3.8) is 0 Å². The van der Waals surface area contributed by atoms with Crippen LogP contribution in [0.4, 0.5) is 5.95 Å². The third-order valence-corrected chi connectivity index (χ3v) is 3.29. The van der Waals surface area contributed by atoms with E-state index in [2.05, 4.69) is 35.2 Å². The van der Waals surface area contributed by atoms with E-state index in [1.807, 2.05) is 13.0 Å². The number of hydrogen-bond donors (Lipinski definition) is 2. The van der Waals surface area contributed by atoms with Crippen molar-refractivity contribution in [1.82, 2.24) is 29.9 Å². The Morgan fingerprint density at radius 2 is 2.21 bits per heavy atom. The second-order valence-corrected chi connectivity index (χ2v) is 4.64. The van der Waals surface area contributed by atoms with Crippen LogP contribution in [-0.2, 0) is 0 Å². The molecule has 0 aromatic carbocycles. The Kier molecular flexibility index (Phi) is 3.23. The molecule has 0 spiro atoms. The second-order valence-electron chi connectivity index (χ2n) is 3.63. The molecule has 0 atom stereocenters. The summed E-state index contributed by atoms with van der Waals surface area (Å²) in [7, 11) is 0. The summed E-state index contributed by atoms with van der Waals surface area (Å²) in [5, 5.41) is 4.69. The van der Waals surface area contributed by atoms with Crippen LogP contribution in [0.3, 0.4) is 0 Å². The molecule has 0 bridgehead atoms. The number of imidazole rings is 1. The predicted molar refractivity (Wildman–Crippen MR) is 72.0 cm³/mol. The third-order valence-electron chi connectivity index (χ3n) is 2.35. The van der Waals surface area contributed by atoms with E-state index in [0.717, 1.165) is 22.1 Å². The monoisotopic (exact) mass is 273 g/mol. The van der Waals surface area contributed by atoms with Crippen molar-refractivity contribution >= 4 is 28.9 Å². The van der Waals surface area contributed by atoms with E-state index in [1.165, 1.54) is 18.1 Å². The average Bonchev–Trinajstić information content (AvgIpc) is 2.89. The lowest BCUT2D eigenvalue weighted by molar-refractivity contribution is 1.01. The molecule has 0 aliphatic carbocycles. The number of aromatic amines is 1. The minimum atomic E-state index is 0.613. The van der Waals surface area contributed by atoms with Gasteiger partial charge in [0.1, 0.15) is 21.9 Å². The number of H-pyrrole nitrogens is 1. The summed E-state index contributed by atoms with van der Waals surface area (Å²) in [6.07, 6.45) is 4.82. The highest BCUT2D eigenvalue weighted by atomic mass is 32.2. The van der Waals surface area contributed by atoms with Crippen molar-refractivity contribution in [2.24, 2.45) is 0 Å². The van der Waals surface area contributed by atoms with Crippen molar-refractivity contribution in [3.8, 4) is 0 Å². The van der Waals surface area contributed by atoms with Crippen LogP contribution in [0.2, 0.25) is 0 Å². The number of nitrogens with zero attached hydrogens (tertiary/aromatic N) is 5. The Morgan fingerprint density at radius 1 is 1.26 bits per heavy atom. The van der Waals surface area contributed by atoms with Gasteiger partial charge in [-0.05, 0) is 24.8 Å². The Morgan fingerprint density at radius 3 is 3.11 bits per heavy atom. The molecule has 2 N–H and O–H groups in total. The summed E-state index contributed by atoms with van der Waals surface area (Å²) in [6.45, 7) is 2.79. The first kappa shape index (κ1) is 11.8. The molecule has 0 amide bonds. The van der Waals surface area contributed by atoms with E-state index >= 15 is 0 Å². The van der Waals surface area contributed by atoms with Gasteiger partial charge in [-0.3, -0.25) is 0 Å². The zero-order valence-electron chi connectivity index (χ0n) is 10.2. The molecule has 3 aromatic rings. The van der Waals surface area contributed by atoms with Crippen LogP contribution in [0, 0.1) is 0 Å². The lowest BCUT2D eigenvalue weighted by Gasteiger charge is -2.03. The summed E-state index contributed by atoms with van der Waals surface area (Å²) in [5.74, 6) is 0.613. The molecule has 96 valence electrons. The molecule has 0 aliphatic rings. The van der Waals surface area contributed by atoms with Gasteiger partial charge in [-0.25, -0.2) is 24.9 Å². The Labute approximate surface area is 113 Å². The number of rotatable bonds is 4. The topological polar surface area (TPSA) is 92.3 Å². The smallest absolute Gasteiger partial charge is 0.223 e. The SMILES string of the molecule is CCNc1nccc(Sc2ncnc3nc[nH]c23)n1. The number of fused-ring (bicyclic) bond motifs is 1. The molecular weight excluding hydrogens is 262 g/mol. The zero-order valence-corrected chi connectivity index (χ0v) is 11.0. The van der Waals surface area contributed by atoms with Crippen LogP contribution < -0.4 is 5.32 Å². The summed E-state index contributed by atoms with van der Waals surface area (Å²) in [5.41, 5.74) is 1.47. The maximum Gasteiger partial charge on any atom is 0.223 e. The average molecular weight is 273 g/mol. The molecule has 8 heteroatoms. The predicted octanol–water partition coefficient (Wildman–Crippen LogP) is 1.73. The summed E-state index contributed by atoms with van der Waals surface area (Å²) in [6, 6.07) is 1.84. The van der Waals surface area contributed by atoms with Crippen molar-refractivity contribution < 1.29 is 0 Å². The van der Waals surface area contributed by atoms with Gasteiger partial charge in [-0.2, -0.15) is 0 Å². The van der Waals surface area contributed by atoms with Gasteiger partial charge in [0.2, 0.25) is 5.95 Å². The molecule has 0 saturated carbocycles. The van der Waals surface area contributed by atoms with Crippen LogP contribution in [-0.4, -0.2) is 36.4 Å². The lowest BCUT2D eigenvalue weighted by atomic mass is 10.6.